The zero-order valence-electron chi connectivity index (χ0n) is 19.5. The number of hydrogen-bond acceptors (Lipinski definition) is 3. The van der Waals surface area contributed by atoms with Crippen LogP contribution >= 0.6 is 11.8 Å². The summed E-state index contributed by atoms with van der Waals surface area (Å²) >= 11 is 1.63. The van der Waals surface area contributed by atoms with Gasteiger partial charge in [0, 0.05) is 16.9 Å². The lowest BCUT2D eigenvalue weighted by atomic mass is 10.0. The van der Waals surface area contributed by atoms with Gasteiger partial charge in [-0.2, -0.15) is 0 Å². The van der Waals surface area contributed by atoms with Crippen molar-refractivity contribution in [3.05, 3.63) is 120 Å². The van der Waals surface area contributed by atoms with Crippen LogP contribution in [0.25, 0.3) is 11.1 Å². The third kappa shape index (κ3) is 4.86. The number of rotatable bonds is 6. The molecule has 0 aliphatic carbocycles. The molecule has 1 N–H and O–H groups in total. The molecule has 174 valence electrons. The van der Waals surface area contributed by atoms with E-state index in [9.17, 15) is 9.59 Å². The lowest BCUT2D eigenvalue weighted by Gasteiger charge is -2.26. The predicted octanol–water partition coefficient (Wildman–Crippen LogP) is 6.95. The summed E-state index contributed by atoms with van der Waals surface area (Å²) < 4.78 is 0. The van der Waals surface area contributed by atoms with E-state index in [-0.39, 0.29) is 17.2 Å². The summed E-state index contributed by atoms with van der Waals surface area (Å²) in [6.45, 7) is 2.11. The predicted molar refractivity (Wildman–Crippen MR) is 145 cm³/mol. The number of carbonyl (C=O) groups is 2. The highest BCUT2D eigenvalue weighted by Gasteiger charge is 2.34. The van der Waals surface area contributed by atoms with Crippen molar-refractivity contribution in [3.8, 4) is 11.1 Å². The van der Waals surface area contributed by atoms with E-state index in [0.29, 0.717) is 11.3 Å². The molecule has 1 atom stereocenters. The van der Waals surface area contributed by atoms with Gasteiger partial charge in [-0.3, -0.25) is 14.5 Å². The van der Waals surface area contributed by atoms with E-state index in [2.05, 4.69) is 30.4 Å². The first-order valence-electron chi connectivity index (χ1n) is 11.7. The fraction of sp³-hybridized carbons (Fsp3) is 0.133. The molecule has 4 aromatic carbocycles. The molecule has 1 aliphatic heterocycles. The second kappa shape index (κ2) is 10.2. The van der Waals surface area contributed by atoms with E-state index in [1.54, 1.807) is 11.8 Å². The zero-order chi connectivity index (χ0) is 24.2. The van der Waals surface area contributed by atoms with E-state index in [4.69, 9.17) is 0 Å². The summed E-state index contributed by atoms with van der Waals surface area (Å²) in [6, 6.07) is 33.6. The van der Waals surface area contributed by atoms with Crippen molar-refractivity contribution in [1.82, 2.24) is 0 Å². The Morgan fingerprint density at radius 1 is 0.857 bits per heavy atom. The molecule has 1 fully saturated rings. The Morgan fingerprint density at radius 2 is 1.51 bits per heavy atom. The number of aryl methyl sites for hydroxylation is 1. The summed E-state index contributed by atoms with van der Waals surface area (Å²) in [4.78, 5) is 27.5. The highest BCUT2D eigenvalue weighted by Crippen LogP contribution is 2.43. The number of thioether (sulfide) groups is 1. The summed E-state index contributed by atoms with van der Waals surface area (Å²) in [6.07, 6.45) is 0.870. The summed E-state index contributed by atoms with van der Waals surface area (Å²) in [7, 11) is 0. The Kier molecular flexibility index (Phi) is 6.68. The molecule has 0 unspecified atom stereocenters. The van der Waals surface area contributed by atoms with Gasteiger partial charge in [-0.05, 0) is 59.0 Å². The third-order valence-electron chi connectivity index (χ3n) is 6.21. The van der Waals surface area contributed by atoms with Crippen LogP contribution in [-0.4, -0.2) is 17.6 Å². The second-order valence-corrected chi connectivity index (χ2v) is 9.50. The Labute approximate surface area is 210 Å². The van der Waals surface area contributed by atoms with Gasteiger partial charge in [0.1, 0.15) is 5.37 Å². The number of para-hydroxylation sites is 1. The molecule has 5 rings (SSSR count). The summed E-state index contributed by atoms with van der Waals surface area (Å²) in [5.74, 6) is 0.429. The highest BCUT2D eigenvalue weighted by molar-refractivity contribution is 8.00. The van der Waals surface area contributed by atoms with Crippen molar-refractivity contribution >= 4 is 35.0 Å². The molecule has 1 aliphatic rings. The van der Waals surface area contributed by atoms with Crippen molar-refractivity contribution in [3.63, 3.8) is 0 Å². The largest absolute Gasteiger partial charge is 0.322 e. The number of nitrogens with one attached hydrogen (secondary N) is 1. The van der Waals surface area contributed by atoms with Crippen molar-refractivity contribution in [2.75, 3.05) is 16.0 Å². The maximum Gasteiger partial charge on any atom is 0.255 e. The van der Waals surface area contributed by atoms with Gasteiger partial charge in [-0.15, -0.1) is 11.8 Å². The quantitative estimate of drug-likeness (QED) is 0.326. The maximum atomic E-state index is 12.8. The molecule has 1 saturated heterocycles. The van der Waals surface area contributed by atoms with Crippen LogP contribution in [-0.2, 0) is 11.2 Å². The minimum absolute atomic E-state index is 0.0783. The van der Waals surface area contributed by atoms with Gasteiger partial charge in [-0.1, -0.05) is 79.7 Å². The van der Waals surface area contributed by atoms with Gasteiger partial charge < -0.3 is 5.32 Å². The van der Waals surface area contributed by atoms with Crippen molar-refractivity contribution < 1.29 is 9.59 Å². The lowest BCUT2D eigenvalue weighted by Crippen LogP contribution is -2.28. The standard InChI is InChI=1S/C30H26N2O2S/c1-2-21-8-6-7-11-27(21)32-28(33)20-35-30(32)25-16-18-26(19-17-25)31-29(34)24-14-12-23(13-15-24)22-9-4-3-5-10-22/h3-19,30H,2,20H2,1H3,(H,31,34)/t30-/m0/s1. The zero-order valence-corrected chi connectivity index (χ0v) is 20.3. The Bertz CT molecular complexity index is 1340. The summed E-state index contributed by atoms with van der Waals surface area (Å²) in [5, 5.41) is 2.90. The molecule has 0 saturated carbocycles. The van der Waals surface area contributed by atoms with Crippen LogP contribution in [0.3, 0.4) is 0 Å². The fourth-order valence-electron chi connectivity index (χ4n) is 4.35. The number of nitrogens with zero attached hydrogens (tertiary/aromatic N) is 1. The van der Waals surface area contributed by atoms with Crippen molar-refractivity contribution in [1.29, 1.82) is 0 Å². The topological polar surface area (TPSA) is 49.4 Å². The average molecular weight is 479 g/mol. The highest BCUT2D eigenvalue weighted by atomic mass is 32.2. The van der Waals surface area contributed by atoms with E-state index >= 15 is 0 Å². The van der Waals surface area contributed by atoms with E-state index in [1.807, 2.05) is 89.8 Å². The third-order valence-corrected chi connectivity index (χ3v) is 7.42. The number of anilines is 2. The van der Waals surface area contributed by atoms with Crippen LogP contribution < -0.4 is 10.2 Å². The molecule has 4 aromatic rings. The Balaban J connectivity index is 1.30. The number of carbonyl (C=O) groups excluding carboxylic acids is 2. The van der Waals surface area contributed by atoms with Crippen molar-refractivity contribution in [2.45, 2.75) is 18.7 Å². The minimum Gasteiger partial charge on any atom is -0.322 e. The molecule has 1 heterocycles. The second-order valence-electron chi connectivity index (χ2n) is 8.43. The van der Waals surface area contributed by atoms with Crippen LogP contribution in [0.5, 0.6) is 0 Å². The van der Waals surface area contributed by atoms with E-state index in [1.165, 1.54) is 0 Å². The molecule has 0 bridgehead atoms. The Hall–Kier alpha value is -3.83. The van der Waals surface area contributed by atoms with Gasteiger partial charge in [0.05, 0.1) is 5.75 Å². The monoisotopic (exact) mass is 478 g/mol. The molecule has 4 nitrogen and oxygen atoms in total. The summed E-state index contributed by atoms with van der Waals surface area (Å²) in [5.41, 5.74) is 6.70. The first kappa shape index (κ1) is 22.9. The molecule has 2 amide bonds. The number of hydrogen-bond donors (Lipinski definition) is 1. The number of amides is 2. The van der Waals surface area contributed by atoms with Crippen molar-refractivity contribution in [2.24, 2.45) is 0 Å². The Morgan fingerprint density at radius 3 is 2.23 bits per heavy atom. The average Bonchev–Trinajstić information content (AvgIpc) is 3.30. The van der Waals surface area contributed by atoms with Crippen LogP contribution in [0.1, 0.15) is 33.8 Å². The van der Waals surface area contributed by atoms with Crippen LogP contribution in [0.2, 0.25) is 0 Å². The molecule has 35 heavy (non-hydrogen) atoms. The van der Waals surface area contributed by atoms with Gasteiger partial charge >= 0.3 is 0 Å². The molecule has 0 spiro atoms. The first-order chi connectivity index (χ1) is 17.1. The van der Waals surface area contributed by atoms with Gasteiger partial charge in [-0.25, -0.2) is 0 Å². The maximum absolute atomic E-state index is 12.8. The lowest BCUT2D eigenvalue weighted by molar-refractivity contribution is -0.115. The van der Waals surface area contributed by atoms with E-state index < -0.39 is 0 Å². The molecule has 0 radical (unpaired) electrons. The SMILES string of the molecule is CCc1ccccc1N1C(=O)CS[C@H]1c1ccc(NC(=O)c2ccc(-c3ccccc3)cc2)cc1. The van der Waals surface area contributed by atoms with Crippen LogP contribution in [0.15, 0.2) is 103 Å². The van der Waals surface area contributed by atoms with Crippen LogP contribution in [0.4, 0.5) is 11.4 Å². The smallest absolute Gasteiger partial charge is 0.255 e. The normalized spacial score (nSPS) is 15.3. The van der Waals surface area contributed by atoms with E-state index in [0.717, 1.165) is 40.0 Å². The number of benzene rings is 4. The minimum atomic E-state index is -0.152. The fourth-order valence-corrected chi connectivity index (χ4v) is 5.52. The molecule has 5 heteroatoms. The van der Waals surface area contributed by atoms with Crippen LogP contribution in [0, 0.1) is 0 Å². The molecular formula is C30H26N2O2S. The van der Waals surface area contributed by atoms with Gasteiger partial charge in [0.25, 0.3) is 5.91 Å². The van der Waals surface area contributed by atoms with Gasteiger partial charge in [0.2, 0.25) is 5.91 Å². The molecular weight excluding hydrogens is 452 g/mol. The molecule has 0 aromatic heterocycles. The van der Waals surface area contributed by atoms with Gasteiger partial charge in [0.15, 0.2) is 0 Å². The first-order valence-corrected chi connectivity index (χ1v) is 12.8.